The Morgan fingerprint density at radius 1 is 0.962 bits per heavy atom. The fourth-order valence-electron chi connectivity index (χ4n) is 3.29. The van der Waals surface area contributed by atoms with Crippen molar-refractivity contribution >= 4 is 17.7 Å². The number of ether oxygens (including phenoxy) is 1. The van der Waals surface area contributed by atoms with Gasteiger partial charge in [0.25, 0.3) is 0 Å². The summed E-state index contributed by atoms with van der Waals surface area (Å²) in [5.74, 6) is 0.655. The minimum atomic E-state index is -0.142. The van der Waals surface area contributed by atoms with Gasteiger partial charge < -0.3 is 10.1 Å². The number of rotatable bonds is 4. The molecule has 0 bridgehead atoms. The van der Waals surface area contributed by atoms with Gasteiger partial charge in [0.05, 0.1) is 7.11 Å². The van der Waals surface area contributed by atoms with E-state index in [2.05, 4.69) is 41.7 Å². The lowest BCUT2D eigenvalue weighted by atomic mass is 10.1. The van der Waals surface area contributed by atoms with Crippen LogP contribution < -0.4 is 10.1 Å². The molecule has 1 N–H and O–H groups in total. The topological polar surface area (TPSA) is 38.3 Å². The molecule has 0 fully saturated rings. The summed E-state index contributed by atoms with van der Waals surface area (Å²) in [6.07, 6.45) is 4.25. The van der Waals surface area contributed by atoms with Gasteiger partial charge in [-0.05, 0) is 64.6 Å². The highest BCUT2D eigenvalue weighted by Crippen LogP contribution is 2.37. The van der Waals surface area contributed by atoms with Crippen LogP contribution >= 0.6 is 0 Å². The number of amides is 1. The number of hydrogen-bond acceptors (Lipinski definition) is 2. The number of benzene rings is 3. The molecule has 3 heteroatoms. The Morgan fingerprint density at radius 2 is 1.73 bits per heavy atom. The number of methoxy groups -OCH3 is 1. The fraction of sp³-hybridized carbons (Fsp3) is 0.0870. The van der Waals surface area contributed by atoms with Crippen molar-refractivity contribution in [3.05, 3.63) is 89.5 Å². The van der Waals surface area contributed by atoms with Crippen molar-refractivity contribution in [2.75, 3.05) is 12.4 Å². The first kappa shape index (κ1) is 16.2. The van der Waals surface area contributed by atoms with Crippen molar-refractivity contribution in [2.45, 2.75) is 6.42 Å². The Hall–Kier alpha value is -3.33. The molecule has 4 rings (SSSR count). The fourth-order valence-corrected chi connectivity index (χ4v) is 3.29. The molecule has 3 nitrogen and oxygen atoms in total. The molecule has 0 atom stereocenters. The molecule has 0 heterocycles. The zero-order chi connectivity index (χ0) is 17.9. The maximum absolute atomic E-state index is 12.2. The van der Waals surface area contributed by atoms with Gasteiger partial charge >= 0.3 is 0 Å². The van der Waals surface area contributed by atoms with Gasteiger partial charge in [0.15, 0.2) is 0 Å². The zero-order valence-corrected chi connectivity index (χ0v) is 14.5. The van der Waals surface area contributed by atoms with Gasteiger partial charge in [0, 0.05) is 11.8 Å². The first-order valence-corrected chi connectivity index (χ1v) is 8.57. The van der Waals surface area contributed by atoms with Gasteiger partial charge in [-0.25, -0.2) is 0 Å². The molecule has 3 aromatic rings. The number of carbonyl (C=O) groups is 1. The molecule has 0 aliphatic heterocycles. The van der Waals surface area contributed by atoms with Crippen LogP contribution in [-0.4, -0.2) is 13.0 Å². The van der Waals surface area contributed by atoms with Crippen molar-refractivity contribution in [1.29, 1.82) is 0 Å². The van der Waals surface area contributed by atoms with Gasteiger partial charge in [-0.15, -0.1) is 0 Å². The molecule has 1 aliphatic rings. The predicted molar refractivity (Wildman–Crippen MR) is 105 cm³/mol. The number of fused-ring (bicyclic) bond motifs is 3. The van der Waals surface area contributed by atoms with E-state index in [4.69, 9.17) is 4.74 Å². The van der Waals surface area contributed by atoms with Crippen molar-refractivity contribution in [1.82, 2.24) is 0 Å². The molecular formula is C23H19NO2. The van der Waals surface area contributed by atoms with Gasteiger partial charge in [0.2, 0.25) is 5.91 Å². The molecule has 3 aromatic carbocycles. The summed E-state index contributed by atoms with van der Waals surface area (Å²) in [7, 11) is 1.63. The number of carbonyl (C=O) groups excluding carboxylic acids is 1. The number of nitrogens with one attached hydrogen (secondary N) is 1. The third-order valence-corrected chi connectivity index (χ3v) is 4.60. The summed E-state index contributed by atoms with van der Waals surface area (Å²) in [5.41, 5.74) is 6.91. The minimum Gasteiger partial charge on any atom is -0.497 e. The van der Waals surface area contributed by atoms with Crippen LogP contribution in [0.4, 0.5) is 5.69 Å². The Labute approximate surface area is 152 Å². The van der Waals surface area contributed by atoms with E-state index in [9.17, 15) is 4.79 Å². The normalized spacial score (nSPS) is 11.9. The molecule has 1 aliphatic carbocycles. The molecule has 0 saturated heterocycles. The first-order chi connectivity index (χ1) is 12.7. The third-order valence-electron chi connectivity index (χ3n) is 4.60. The van der Waals surface area contributed by atoms with Crippen LogP contribution in [0.5, 0.6) is 5.75 Å². The molecule has 1 amide bonds. The smallest absolute Gasteiger partial charge is 0.248 e. The van der Waals surface area contributed by atoms with Crippen molar-refractivity contribution in [3.63, 3.8) is 0 Å². The average molecular weight is 341 g/mol. The van der Waals surface area contributed by atoms with Crippen LogP contribution in [0.1, 0.15) is 16.7 Å². The van der Waals surface area contributed by atoms with E-state index in [1.54, 1.807) is 19.3 Å². The van der Waals surface area contributed by atoms with E-state index in [1.165, 1.54) is 22.3 Å². The Kier molecular flexibility index (Phi) is 4.28. The second kappa shape index (κ2) is 6.89. The summed E-state index contributed by atoms with van der Waals surface area (Å²) < 4.78 is 5.13. The van der Waals surface area contributed by atoms with E-state index in [1.807, 2.05) is 30.3 Å². The molecule has 0 saturated carbocycles. The Morgan fingerprint density at radius 3 is 2.54 bits per heavy atom. The zero-order valence-electron chi connectivity index (χ0n) is 14.5. The van der Waals surface area contributed by atoms with Crippen molar-refractivity contribution < 1.29 is 9.53 Å². The lowest BCUT2D eigenvalue weighted by Gasteiger charge is -2.06. The summed E-state index contributed by atoms with van der Waals surface area (Å²) >= 11 is 0. The highest BCUT2D eigenvalue weighted by atomic mass is 16.5. The van der Waals surface area contributed by atoms with Crippen molar-refractivity contribution in [2.24, 2.45) is 0 Å². The molecule has 0 unspecified atom stereocenters. The van der Waals surface area contributed by atoms with Crippen LogP contribution in [0.25, 0.3) is 17.2 Å². The predicted octanol–water partition coefficient (Wildman–Crippen LogP) is 4.92. The maximum Gasteiger partial charge on any atom is 0.248 e. The van der Waals surface area contributed by atoms with Gasteiger partial charge in [0.1, 0.15) is 5.75 Å². The summed E-state index contributed by atoms with van der Waals surface area (Å²) in [6, 6.07) is 22.1. The standard InChI is InChI=1S/C23H19NO2/c1-26-20-10-6-16(7-11-20)8-13-23(25)24-19-9-12-22-18(15-19)14-17-4-2-3-5-21(17)22/h2-13,15H,14H2,1H3,(H,24,25)/b13-8+. The average Bonchev–Trinajstić information content (AvgIpc) is 3.04. The number of hydrogen-bond donors (Lipinski definition) is 1. The highest BCUT2D eigenvalue weighted by Gasteiger charge is 2.17. The largest absolute Gasteiger partial charge is 0.497 e. The van der Waals surface area contributed by atoms with Crippen molar-refractivity contribution in [3.8, 4) is 16.9 Å². The highest BCUT2D eigenvalue weighted by molar-refractivity contribution is 6.02. The molecule has 0 radical (unpaired) electrons. The summed E-state index contributed by atoms with van der Waals surface area (Å²) in [6.45, 7) is 0. The molecule has 26 heavy (non-hydrogen) atoms. The molecule has 0 spiro atoms. The van der Waals surface area contributed by atoms with Crippen LogP contribution in [-0.2, 0) is 11.2 Å². The molecular weight excluding hydrogens is 322 g/mol. The first-order valence-electron chi connectivity index (χ1n) is 8.57. The van der Waals surface area contributed by atoms with Crippen LogP contribution in [0.2, 0.25) is 0 Å². The van der Waals surface area contributed by atoms with Gasteiger partial charge in [-0.2, -0.15) is 0 Å². The molecule has 128 valence electrons. The third kappa shape index (κ3) is 3.24. The molecule has 0 aromatic heterocycles. The maximum atomic E-state index is 12.2. The Balaban J connectivity index is 1.45. The minimum absolute atomic E-state index is 0.142. The Bertz CT molecular complexity index is 987. The van der Waals surface area contributed by atoms with Crippen LogP contribution in [0, 0.1) is 0 Å². The van der Waals surface area contributed by atoms with Gasteiger partial charge in [-0.1, -0.05) is 42.5 Å². The lowest BCUT2D eigenvalue weighted by molar-refractivity contribution is -0.111. The van der Waals surface area contributed by atoms with E-state index >= 15 is 0 Å². The second-order valence-corrected chi connectivity index (χ2v) is 6.30. The van der Waals surface area contributed by atoms with E-state index in [-0.39, 0.29) is 5.91 Å². The summed E-state index contributed by atoms with van der Waals surface area (Å²) in [4.78, 5) is 12.2. The van der Waals surface area contributed by atoms with E-state index in [0.717, 1.165) is 23.4 Å². The monoisotopic (exact) mass is 341 g/mol. The quantitative estimate of drug-likeness (QED) is 0.535. The van der Waals surface area contributed by atoms with Crippen LogP contribution in [0.3, 0.4) is 0 Å². The van der Waals surface area contributed by atoms with E-state index in [0.29, 0.717) is 0 Å². The lowest BCUT2D eigenvalue weighted by Crippen LogP contribution is -2.07. The second-order valence-electron chi connectivity index (χ2n) is 6.30. The van der Waals surface area contributed by atoms with Crippen LogP contribution in [0.15, 0.2) is 72.8 Å². The van der Waals surface area contributed by atoms with Gasteiger partial charge in [-0.3, -0.25) is 4.79 Å². The summed E-state index contributed by atoms with van der Waals surface area (Å²) in [5, 5.41) is 2.94. The number of anilines is 1. The SMILES string of the molecule is COc1ccc(/C=C/C(=O)Nc2ccc3c(c2)Cc2ccccc2-3)cc1. The van der Waals surface area contributed by atoms with E-state index < -0.39 is 0 Å².